The van der Waals surface area contributed by atoms with E-state index < -0.39 is 17.2 Å². The van der Waals surface area contributed by atoms with E-state index in [2.05, 4.69) is 4.98 Å². The van der Waals surface area contributed by atoms with Crippen LogP contribution in [0.4, 0.5) is 4.39 Å². The highest BCUT2D eigenvalue weighted by Crippen LogP contribution is 2.29. The molecule has 1 aromatic heterocycles. The highest BCUT2D eigenvalue weighted by Gasteiger charge is 2.29. The molecule has 4 nitrogen and oxygen atoms in total. The van der Waals surface area contributed by atoms with Crippen LogP contribution in [0, 0.1) is 5.82 Å². The number of carboxylic acids is 1. The van der Waals surface area contributed by atoms with E-state index in [4.69, 9.17) is 9.52 Å². The van der Waals surface area contributed by atoms with Gasteiger partial charge < -0.3 is 9.52 Å². The van der Waals surface area contributed by atoms with Gasteiger partial charge in [0.2, 0.25) is 5.89 Å². The Morgan fingerprint density at radius 2 is 2.24 bits per heavy atom. The Morgan fingerprint density at radius 1 is 1.53 bits per heavy atom. The Balaban J connectivity index is 2.45. The molecule has 90 valence electrons. The summed E-state index contributed by atoms with van der Waals surface area (Å²) in [6, 6.07) is 4.03. The molecule has 0 radical (unpaired) electrons. The van der Waals surface area contributed by atoms with Crippen molar-refractivity contribution in [1.29, 1.82) is 0 Å². The van der Waals surface area contributed by atoms with Gasteiger partial charge in [0.15, 0.2) is 5.58 Å². The number of rotatable bonds is 3. The summed E-state index contributed by atoms with van der Waals surface area (Å²) >= 11 is 0. The number of halogens is 1. The normalized spacial score (nSPS) is 11.9. The minimum Gasteiger partial charge on any atom is -0.481 e. The standard InChI is InChI=1S/C12H12FNO3/c1-12(2,6-10(15)16)11-14-8-5-7(13)3-4-9(8)17-11/h3-5H,6H2,1-2H3,(H,15,16). The number of nitrogens with zero attached hydrogens (tertiary/aromatic N) is 1. The predicted molar refractivity (Wildman–Crippen MR) is 59.2 cm³/mol. The van der Waals surface area contributed by atoms with Gasteiger partial charge in [-0.25, -0.2) is 9.37 Å². The molecule has 1 N–H and O–H groups in total. The average molecular weight is 237 g/mol. The van der Waals surface area contributed by atoms with Crippen molar-refractivity contribution in [3.63, 3.8) is 0 Å². The first-order valence-corrected chi connectivity index (χ1v) is 5.17. The first-order valence-electron chi connectivity index (χ1n) is 5.17. The molecule has 1 aromatic carbocycles. The summed E-state index contributed by atoms with van der Waals surface area (Å²) in [6.45, 7) is 3.45. The van der Waals surface area contributed by atoms with Gasteiger partial charge in [0.1, 0.15) is 11.3 Å². The maximum Gasteiger partial charge on any atom is 0.304 e. The lowest BCUT2D eigenvalue weighted by molar-refractivity contribution is -0.138. The number of hydrogen-bond donors (Lipinski definition) is 1. The van der Waals surface area contributed by atoms with E-state index >= 15 is 0 Å². The van der Waals surface area contributed by atoms with Crippen molar-refractivity contribution in [2.45, 2.75) is 25.7 Å². The Hall–Kier alpha value is -1.91. The second-order valence-corrected chi connectivity index (χ2v) is 4.59. The third kappa shape index (κ3) is 2.27. The third-order valence-electron chi connectivity index (χ3n) is 2.52. The third-order valence-corrected chi connectivity index (χ3v) is 2.52. The smallest absolute Gasteiger partial charge is 0.304 e. The van der Waals surface area contributed by atoms with Crippen molar-refractivity contribution >= 4 is 17.1 Å². The molecule has 0 aliphatic rings. The molecule has 0 saturated heterocycles. The predicted octanol–water partition coefficient (Wildman–Crippen LogP) is 2.72. The first kappa shape index (κ1) is 11.6. The van der Waals surface area contributed by atoms with Gasteiger partial charge in [-0.1, -0.05) is 13.8 Å². The van der Waals surface area contributed by atoms with Gasteiger partial charge >= 0.3 is 5.97 Å². The van der Waals surface area contributed by atoms with Crippen LogP contribution in [0.3, 0.4) is 0 Å². The number of hydrogen-bond acceptors (Lipinski definition) is 3. The zero-order chi connectivity index (χ0) is 12.6. The highest BCUT2D eigenvalue weighted by atomic mass is 19.1. The summed E-state index contributed by atoms with van der Waals surface area (Å²) in [7, 11) is 0. The second kappa shape index (κ2) is 3.84. The van der Waals surface area contributed by atoms with Crippen LogP contribution in [0.25, 0.3) is 11.1 Å². The Labute approximate surface area is 97.1 Å². The van der Waals surface area contributed by atoms with Gasteiger partial charge in [-0.2, -0.15) is 0 Å². The van der Waals surface area contributed by atoms with Crippen LogP contribution in [-0.4, -0.2) is 16.1 Å². The quantitative estimate of drug-likeness (QED) is 0.891. The van der Waals surface area contributed by atoms with Gasteiger partial charge in [-0.3, -0.25) is 4.79 Å². The topological polar surface area (TPSA) is 63.3 Å². The van der Waals surface area contributed by atoms with Crippen LogP contribution in [0.2, 0.25) is 0 Å². The number of carbonyl (C=O) groups is 1. The molecule has 2 aromatic rings. The molecule has 0 unspecified atom stereocenters. The van der Waals surface area contributed by atoms with Crippen molar-refractivity contribution in [2.75, 3.05) is 0 Å². The molecule has 17 heavy (non-hydrogen) atoms. The van der Waals surface area contributed by atoms with E-state index in [0.717, 1.165) is 0 Å². The molecule has 0 aliphatic carbocycles. The zero-order valence-electron chi connectivity index (χ0n) is 9.53. The van der Waals surface area contributed by atoms with E-state index in [9.17, 15) is 9.18 Å². The molecule has 0 saturated carbocycles. The van der Waals surface area contributed by atoms with E-state index in [0.29, 0.717) is 17.0 Å². The van der Waals surface area contributed by atoms with E-state index in [1.54, 1.807) is 13.8 Å². The Bertz CT molecular complexity index is 574. The molecule has 0 fully saturated rings. The van der Waals surface area contributed by atoms with Crippen molar-refractivity contribution in [1.82, 2.24) is 4.98 Å². The monoisotopic (exact) mass is 237 g/mol. The minimum absolute atomic E-state index is 0.0949. The fourth-order valence-electron chi connectivity index (χ4n) is 1.64. The minimum atomic E-state index is -0.927. The highest BCUT2D eigenvalue weighted by molar-refractivity contribution is 5.73. The Kier molecular flexibility index (Phi) is 2.61. The lowest BCUT2D eigenvalue weighted by atomic mass is 9.89. The van der Waals surface area contributed by atoms with Crippen LogP contribution < -0.4 is 0 Å². The first-order chi connectivity index (χ1) is 7.88. The molecule has 0 bridgehead atoms. The van der Waals surface area contributed by atoms with E-state index in [-0.39, 0.29) is 6.42 Å². The largest absolute Gasteiger partial charge is 0.481 e. The van der Waals surface area contributed by atoms with Crippen LogP contribution >= 0.6 is 0 Å². The number of carboxylic acid groups (broad SMARTS) is 1. The van der Waals surface area contributed by atoms with Crippen molar-refractivity contribution in [3.05, 3.63) is 29.9 Å². The van der Waals surface area contributed by atoms with Gasteiger partial charge in [0, 0.05) is 6.07 Å². The number of aliphatic carboxylic acids is 1. The zero-order valence-corrected chi connectivity index (χ0v) is 9.53. The Morgan fingerprint density at radius 3 is 2.88 bits per heavy atom. The molecule has 0 aliphatic heterocycles. The summed E-state index contributed by atoms with van der Waals surface area (Å²) in [6.07, 6.45) is -0.0949. The molecule has 2 rings (SSSR count). The number of fused-ring (bicyclic) bond motifs is 1. The van der Waals surface area contributed by atoms with Crippen LogP contribution in [0.15, 0.2) is 22.6 Å². The van der Waals surface area contributed by atoms with E-state index in [1.165, 1.54) is 18.2 Å². The molecule has 1 heterocycles. The molecule has 0 atom stereocenters. The van der Waals surface area contributed by atoms with Crippen LogP contribution in [-0.2, 0) is 10.2 Å². The van der Waals surface area contributed by atoms with Crippen molar-refractivity contribution in [2.24, 2.45) is 0 Å². The molecule has 0 amide bonds. The number of oxazole rings is 1. The van der Waals surface area contributed by atoms with Gasteiger partial charge in [-0.05, 0) is 12.1 Å². The van der Waals surface area contributed by atoms with Crippen LogP contribution in [0.1, 0.15) is 26.2 Å². The molecule has 5 heteroatoms. The van der Waals surface area contributed by atoms with Crippen molar-refractivity contribution < 1.29 is 18.7 Å². The maximum absolute atomic E-state index is 13.0. The average Bonchev–Trinajstić information content (AvgIpc) is 2.58. The number of aromatic nitrogens is 1. The lowest BCUT2D eigenvalue weighted by Gasteiger charge is -2.17. The summed E-state index contributed by atoms with van der Waals surface area (Å²) < 4.78 is 18.4. The fraction of sp³-hybridized carbons (Fsp3) is 0.333. The maximum atomic E-state index is 13.0. The second-order valence-electron chi connectivity index (χ2n) is 4.59. The van der Waals surface area contributed by atoms with E-state index in [1.807, 2.05) is 0 Å². The fourth-order valence-corrected chi connectivity index (χ4v) is 1.64. The summed E-state index contributed by atoms with van der Waals surface area (Å²) in [5.74, 6) is -1.02. The van der Waals surface area contributed by atoms with Crippen molar-refractivity contribution in [3.8, 4) is 0 Å². The molecule has 0 spiro atoms. The SMILES string of the molecule is CC(C)(CC(=O)O)c1nc2cc(F)ccc2o1. The van der Waals surface area contributed by atoms with Gasteiger partial charge in [0.25, 0.3) is 0 Å². The molecular weight excluding hydrogens is 225 g/mol. The summed E-state index contributed by atoms with van der Waals surface area (Å²) in [5.41, 5.74) is 0.139. The molecular formula is C12H12FNO3. The summed E-state index contributed by atoms with van der Waals surface area (Å²) in [5, 5.41) is 8.80. The summed E-state index contributed by atoms with van der Waals surface area (Å²) in [4.78, 5) is 14.9. The number of benzene rings is 1. The van der Waals surface area contributed by atoms with Gasteiger partial charge in [-0.15, -0.1) is 0 Å². The lowest BCUT2D eigenvalue weighted by Crippen LogP contribution is -2.21. The van der Waals surface area contributed by atoms with Gasteiger partial charge in [0.05, 0.1) is 11.8 Å². The van der Waals surface area contributed by atoms with Crippen LogP contribution in [0.5, 0.6) is 0 Å².